The van der Waals surface area contributed by atoms with Gasteiger partial charge in [0.1, 0.15) is 17.3 Å². The highest BCUT2D eigenvalue weighted by atomic mass is 19.1. The molecule has 1 aliphatic heterocycles. The summed E-state index contributed by atoms with van der Waals surface area (Å²) in [5.74, 6) is -0.930. The van der Waals surface area contributed by atoms with Gasteiger partial charge < -0.3 is 10.6 Å². The van der Waals surface area contributed by atoms with Crippen LogP contribution in [0, 0.1) is 11.6 Å². The van der Waals surface area contributed by atoms with E-state index in [1.807, 2.05) is 18.7 Å². The van der Waals surface area contributed by atoms with Gasteiger partial charge in [0.15, 0.2) is 0 Å². The van der Waals surface area contributed by atoms with Crippen LogP contribution in [0.3, 0.4) is 0 Å². The molecule has 1 aromatic carbocycles. The second-order valence-corrected chi connectivity index (χ2v) is 5.99. The lowest BCUT2D eigenvalue weighted by Crippen LogP contribution is -2.35. The van der Waals surface area contributed by atoms with Crippen LogP contribution in [0.4, 0.5) is 14.5 Å². The molecule has 0 aromatic heterocycles. The van der Waals surface area contributed by atoms with Crippen molar-refractivity contribution >= 4 is 5.69 Å². The van der Waals surface area contributed by atoms with Gasteiger partial charge in [-0.2, -0.15) is 0 Å². The first-order valence-electron chi connectivity index (χ1n) is 7.45. The normalized spacial score (nSPS) is 24.2. The van der Waals surface area contributed by atoms with Crippen molar-refractivity contribution in [1.29, 1.82) is 0 Å². The lowest BCUT2D eigenvalue weighted by Gasteiger charge is -2.31. The van der Waals surface area contributed by atoms with E-state index in [1.165, 1.54) is 12.1 Å². The van der Waals surface area contributed by atoms with Gasteiger partial charge in [0.2, 0.25) is 0 Å². The first-order valence-corrected chi connectivity index (χ1v) is 7.45. The van der Waals surface area contributed by atoms with Crippen molar-refractivity contribution in [3.8, 4) is 0 Å². The average molecular weight is 282 g/mol. The van der Waals surface area contributed by atoms with Gasteiger partial charge in [-0.05, 0) is 57.2 Å². The number of nitrogens with two attached hydrogens (primary N) is 1. The molecule has 112 valence electrons. The van der Waals surface area contributed by atoms with Crippen LogP contribution in [0.1, 0.15) is 45.6 Å². The molecule has 0 amide bonds. The molecule has 3 unspecified atom stereocenters. The van der Waals surface area contributed by atoms with E-state index in [-0.39, 0.29) is 23.8 Å². The molecule has 1 fully saturated rings. The van der Waals surface area contributed by atoms with Crippen LogP contribution in [0.2, 0.25) is 0 Å². The van der Waals surface area contributed by atoms with E-state index >= 15 is 0 Å². The molecule has 0 aliphatic carbocycles. The Balaban J connectivity index is 2.37. The highest BCUT2D eigenvalue weighted by Gasteiger charge is 2.33. The monoisotopic (exact) mass is 282 g/mol. The molecule has 0 saturated carbocycles. The summed E-state index contributed by atoms with van der Waals surface area (Å²) in [6, 6.07) is 3.17. The molecule has 1 heterocycles. The minimum absolute atomic E-state index is 0.103. The van der Waals surface area contributed by atoms with Gasteiger partial charge in [-0.1, -0.05) is 6.92 Å². The molecule has 1 aliphatic rings. The Morgan fingerprint density at radius 2 is 1.90 bits per heavy atom. The van der Waals surface area contributed by atoms with Gasteiger partial charge >= 0.3 is 0 Å². The standard InChI is InChI=1S/C16H24F2N2/c1-4-13-6-5-11(3)20(13)16-14(17)8-12(7-10(2)19)9-15(16)18/h8-11,13H,4-7,19H2,1-3H3. The second kappa shape index (κ2) is 6.08. The Kier molecular flexibility index (Phi) is 4.63. The fourth-order valence-electron chi connectivity index (χ4n) is 3.23. The molecule has 2 N–H and O–H groups in total. The van der Waals surface area contributed by atoms with Gasteiger partial charge in [-0.3, -0.25) is 0 Å². The summed E-state index contributed by atoms with van der Waals surface area (Å²) >= 11 is 0. The molecule has 4 heteroatoms. The van der Waals surface area contributed by atoms with Crippen LogP contribution in [-0.4, -0.2) is 18.1 Å². The largest absolute Gasteiger partial charge is 0.361 e. The van der Waals surface area contributed by atoms with Crippen LogP contribution >= 0.6 is 0 Å². The minimum Gasteiger partial charge on any atom is -0.361 e. The number of halogens is 2. The number of anilines is 1. The minimum atomic E-state index is -0.465. The third-order valence-corrected chi connectivity index (χ3v) is 4.15. The lowest BCUT2D eigenvalue weighted by molar-refractivity contribution is 0.539. The number of benzene rings is 1. The highest BCUT2D eigenvalue weighted by molar-refractivity contribution is 5.53. The van der Waals surface area contributed by atoms with Crippen molar-refractivity contribution in [3.63, 3.8) is 0 Å². The first kappa shape index (κ1) is 15.2. The predicted molar refractivity (Wildman–Crippen MR) is 79.0 cm³/mol. The summed E-state index contributed by atoms with van der Waals surface area (Å²) in [6.45, 7) is 5.93. The van der Waals surface area contributed by atoms with E-state index in [0.29, 0.717) is 12.0 Å². The maximum atomic E-state index is 14.4. The van der Waals surface area contributed by atoms with E-state index in [1.54, 1.807) is 0 Å². The SMILES string of the molecule is CCC1CCC(C)N1c1c(F)cc(CC(C)N)cc1F. The maximum Gasteiger partial charge on any atom is 0.149 e. The highest BCUT2D eigenvalue weighted by Crippen LogP contribution is 2.36. The van der Waals surface area contributed by atoms with Crippen molar-refractivity contribution in [3.05, 3.63) is 29.3 Å². The molecule has 0 spiro atoms. The Bertz CT molecular complexity index is 451. The van der Waals surface area contributed by atoms with Crippen molar-refractivity contribution in [2.45, 2.75) is 64.6 Å². The predicted octanol–water partition coefficient (Wildman–Crippen LogP) is 3.62. The Morgan fingerprint density at radius 1 is 1.30 bits per heavy atom. The van der Waals surface area contributed by atoms with E-state index < -0.39 is 11.6 Å². The molecule has 2 nitrogen and oxygen atoms in total. The van der Waals surface area contributed by atoms with Crippen LogP contribution in [0.15, 0.2) is 12.1 Å². The summed E-state index contributed by atoms with van der Waals surface area (Å²) < 4.78 is 28.7. The first-order chi connectivity index (χ1) is 9.43. The molecule has 1 saturated heterocycles. The van der Waals surface area contributed by atoms with E-state index in [4.69, 9.17) is 5.73 Å². The molecule has 2 rings (SSSR count). The summed E-state index contributed by atoms with van der Waals surface area (Å²) in [5, 5.41) is 0. The number of hydrogen-bond donors (Lipinski definition) is 1. The van der Waals surface area contributed by atoms with Crippen LogP contribution < -0.4 is 10.6 Å². The third kappa shape index (κ3) is 2.95. The van der Waals surface area contributed by atoms with Gasteiger partial charge in [0.25, 0.3) is 0 Å². The lowest BCUT2D eigenvalue weighted by atomic mass is 10.1. The summed E-state index contributed by atoms with van der Waals surface area (Å²) in [4.78, 5) is 1.92. The molecule has 3 atom stereocenters. The van der Waals surface area contributed by atoms with Gasteiger partial charge in [0.05, 0.1) is 0 Å². The molecule has 0 bridgehead atoms. The van der Waals surface area contributed by atoms with Crippen LogP contribution in [0.25, 0.3) is 0 Å². The molecular weight excluding hydrogens is 258 g/mol. The third-order valence-electron chi connectivity index (χ3n) is 4.15. The fraction of sp³-hybridized carbons (Fsp3) is 0.625. The zero-order valence-electron chi connectivity index (χ0n) is 12.5. The van der Waals surface area contributed by atoms with E-state index in [9.17, 15) is 8.78 Å². The number of hydrogen-bond acceptors (Lipinski definition) is 2. The fourth-order valence-corrected chi connectivity index (χ4v) is 3.23. The van der Waals surface area contributed by atoms with Crippen molar-refractivity contribution in [2.24, 2.45) is 5.73 Å². The quantitative estimate of drug-likeness (QED) is 0.914. The van der Waals surface area contributed by atoms with Crippen molar-refractivity contribution < 1.29 is 8.78 Å². The number of rotatable bonds is 4. The Labute approximate surface area is 120 Å². The number of nitrogens with zero attached hydrogens (tertiary/aromatic N) is 1. The van der Waals surface area contributed by atoms with Crippen LogP contribution in [0.5, 0.6) is 0 Å². The van der Waals surface area contributed by atoms with Gasteiger partial charge in [-0.25, -0.2) is 8.78 Å². The zero-order chi connectivity index (χ0) is 14.9. The molecule has 20 heavy (non-hydrogen) atoms. The van der Waals surface area contributed by atoms with E-state index in [0.717, 1.165) is 19.3 Å². The van der Waals surface area contributed by atoms with Crippen LogP contribution in [-0.2, 0) is 6.42 Å². The molecule has 0 radical (unpaired) electrons. The average Bonchev–Trinajstić information content (AvgIpc) is 2.69. The Hall–Kier alpha value is -1.16. The molecular formula is C16H24F2N2. The maximum absolute atomic E-state index is 14.4. The zero-order valence-corrected chi connectivity index (χ0v) is 12.5. The topological polar surface area (TPSA) is 29.3 Å². The summed E-state index contributed by atoms with van der Waals surface area (Å²) in [5.41, 5.74) is 6.45. The van der Waals surface area contributed by atoms with Gasteiger partial charge in [-0.15, -0.1) is 0 Å². The van der Waals surface area contributed by atoms with Crippen molar-refractivity contribution in [1.82, 2.24) is 0 Å². The summed E-state index contributed by atoms with van der Waals surface area (Å²) in [7, 11) is 0. The van der Waals surface area contributed by atoms with Gasteiger partial charge in [0, 0.05) is 18.1 Å². The molecule has 1 aromatic rings. The second-order valence-electron chi connectivity index (χ2n) is 5.99. The summed E-state index contributed by atoms with van der Waals surface area (Å²) in [6.07, 6.45) is 3.38. The van der Waals surface area contributed by atoms with E-state index in [2.05, 4.69) is 6.92 Å². The van der Waals surface area contributed by atoms with Crippen molar-refractivity contribution in [2.75, 3.05) is 4.90 Å². The Morgan fingerprint density at radius 3 is 2.40 bits per heavy atom. The smallest absolute Gasteiger partial charge is 0.149 e.